The number of aliphatic hydroxyl groups excluding tert-OH is 1. The van der Waals surface area contributed by atoms with E-state index < -0.39 is 6.04 Å². The number of aromatic nitrogens is 1. The van der Waals surface area contributed by atoms with E-state index in [-0.39, 0.29) is 23.8 Å². The molecule has 0 radical (unpaired) electrons. The number of methoxy groups -OCH3 is 1. The van der Waals surface area contributed by atoms with Crippen molar-refractivity contribution in [3.8, 4) is 5.75 Å². The van der Waals surface area contributed by atoms with Crippen LogP contribution in [0.3, 0.4) is 0 Å². The van der Waals surface area contributed by atoms with E-state index in [0.717, 1.165) is 48.3 Å². The normalized spacial score (nSPS) is 22.7. The molecule has 9 heteroatoms. The van der Waals surface area contributed by atoms with E-state index in [1.807, 2.05) is 17.0 Å². The molecule has 5 rings (SSSR count). The Bertz CT molecular complexity index is 1070. The zero-order chi connectivity index (χ0) is 23.9. The summed E-state index contributed by atoms with van der Waals surface area (Å²) in [6.45, 7) is 6.65. The summed E-state index contributed by atoms with van der Waals surface area (Å²) in [6, 6.07) is 5.59. The highest BCUT2D eigenvalue weighted by Crippen LogP contribution is 2.49. The molecule has 0 saturated carbocycles. The van der Waals surface area contributed by atoms with Crippen molar-refractivity contribution < 1.29 is 24.2 Å². The van der Waals surface area contributed by atoms with Gasteiger partial charge in [-0.15, -0.1) is 0 Å². The number of ether oxygens (including phenoxy) is 2. The molecule has 2 fully saturated rings. The minimum Gasteiger partial charge on any atom is -0.497 e. The molecule has 1 aromatic carbocycles. The van der Waals surface area contributed by atoms with E-state index in [4.69, 9.17) is 9.47 Å². The molecule has 1 aromatic heterocycles. The molecular formula is C25H34N4O5. The highest BCUT2D eigenvalue weighted by Gasteiger charge is 2.48. The number of aliphatic hydroxyl groups is 1. The van der Waals surface area contributed by atoms with E-state index in [1.54, 1.807) is 18.9 Å². The van der Waals surface area contributed by atoms with E-state index >= 15 is 0 Å². The number of H-pyrrole nitrogens is 1. The molecule has 184 valence electrons. The Morgan fingerprint density at radius 2 is 1.94 bits per heavy atom. The summed E-state index contributed by atoms with van der Waals surface area (Å²) >= 11 is 0. The van der Waals surface area contributed by atoms with E-state index in [9.17, 15) is 14.7 Å². The number of fused-ring (bicyclic) bond motifs is 4. The first kappa shape index (κ1) is 23.1. The summed E-state index contributed by atoms with van der Waals surface area (Å²) in [5.41, 5.74) is 2.76. The van der Waals surface area contributed by atoms with E-state index in [1.165, 1.54) is 5.56 Å². The summed E-state index contributed by atoms with van der Waals surface area (Å²) < 4.78 is 10.8. The number of piperidine rings is 1. The van der Waals surface area contributed by atoms with Crippen molar-refractivity contribution in [1.29, 1.82) is 0 Å². The number of carbonyl (C=O) groups excluding carboxylic acids is 2. The minimum atomic E-state index is -0.405. The van der Waals surface area contributed by atoms with Crippen molar-refractivity contribution in [2.45, 2.75) is 31.2 Å². The average Bonchev–Trinajstić information content (AvgIpc) is 3.24. The summed E-state index contributed by atoms with van der Waals surface area (Å²) in [6.07, 6.45) is 1.55. The van der Waals surface area contributed by atoms with Gasteiger partial charge in [0.2, 0.25) is 11.8 Å². The highest BCUT2D eigenvalue weighted by molar-refractivity contribution is 5.89. The summed E-state index contributed by atoms with van der Waals surface area (Å²) in [5, 5.41) is 11.3. The fraction of sp³-hybridized carbons (Fsp3) is 0.600. The van der Waals surface area contributed by atoms with Crippen LogP contribution in [0.25, 0.3) is 10.9 Å². The summed E-state index contributed by atoms with van der Waals surface area (Å²) in [4.78, 5) is 35.0. The predicted octanol–water partition coefficient (Wildman–Crippen LogP) is 1.26. The van der Waals surface area contributed by atoms with Crippen LogP contribution in [-0.2, 0) is 19.7 Å². The molecule has 1 spiro atoms. The Morgan fingerprint density at radius 3 is 2.59 bits per heavy atom. The van der Waals surface area contributed by atoms with Crippen LogP contribution in [0.4, 0.5) is 0 Å². The lowest BCUT2D eigenvalue weighted by atomic mass is 9.68. The second kappa shape index (κ2) is 9.20. The van der Waals surface area contributed by atoms with Gasteiger partial charge in [0.05, 0.1) is 39.5 Å². The van der Waals surface area contributed by atoms with Gasteiger partial charge in [-0.1, -0.05) is 0 Å². The maximum Gasteiger partial charge on any atom is 0.236 e. The summed E-state index contributed by atoms with van der Waals surface area (Å²) in [7, 11) is 1.64. The predicted molar refractivity (Wildman–Crippen MR) is 127 cm³/mol. The molecule has 2 amide bonds. The first-order chi connectivity index (χ1) is 16.5. The van der Waals surface area contributed by atoms with Gasteiger partial charge in [0.15, 0.2) is 0 Å². The average molecular weight is 471 g/mol. The van der Waals surface area contributed by atoms with Gasteiger partial charge in [0.25, 0.3) is 0 Å². The van der Waals surface area contributed by atoms with Gasteiger partial charge >= 0.3 is 0 Å². The Labute approximate surface area is 199 Å². The number of rotatable bonds is 4. The van der Waals surface area contributed by atoms with Crippen molar-refractivity contribution in [3.63, 3.8) is 0 Å². The maximum absolute atomic E-state index is 13.0. The van der Waals surface area contributed by atoms with Crippen molar-refractivity contribution in [2.75, 3.05) is 66.2 Å². The number of hydrogen-bond acceptors (Lipinski definition) is 6. The highest BCUT2D eigenvalue weighted by atomic mass is 16.5. The van der Waals surface area contributed by atoms with Crippen molar-refractivity contribution in [1.82, 2.24) is 19.7 Å². The van der Waals surface area contributed by atoms with Crippen LogP contribution in [0.15, 0.2) is 18.2 Å². The molecule has 3 aliphatic rings. The molecular weight excluding hydrogens is 436 g/mol. The second-order valence-electron chi connectivity index (χ2n) is 9.72. The number of hydrogen-bond donors (Lipinski definition) is 2. The standard InChI is InChI=1S/C25H34N4O5/c1-17(31)29-16-25(5-7-28(8-6-25)22(32)14-27-9-11-34-12-10-27)23-19-4-3-18(33-2)13-20(19)26-24(23)21(29)15-30/h3-4,13,21,26,30H,5-12,14-16H2,1-2H3/t21-/m1/s1. The molecule has 2 saturated heterocycles. The first-order valence-corrected chi connectivity index (χ1v) is 12.1. The lowest BCUT2D eigenvalue weighted by Gasteiger charge is -2.50. The molecule has 0 bridgehead atoms. The van der Waals surface area contributed by atoms with Crippen molar-refractivity contribution in [3.05, 3.63) is 29.5 Å². The third kappa shape index (κ3) is 3.95. The number of benzene rings is 1. The Balaban J connectivity index is 1.45. The van der Waals surface area contributed by atoms with Gasteiger partial charge in [0, 0.05) is 67.7 Å². The van der Waals surface area contributed by atoms with Gasteiger partial charge in [-0.3, -0.25) is 14.5 Å². The van der Waals surface area contributed by atoms with Gasteiger partial charge in [-0.2, -0.15) is 0 Å². The number of aromatic amines is 1. The zero-order valence-corrected chi connectivity index (χ0v) is 20.0. The summed E-state index contributed by atoms with van der Waals surface area (Å²) in [5.74, 6) is 0.867. The van der Waals surface area contributed by atoms with Gasteiger partial charge in [-0.25, -0.2) is 0 Å². The maximum atomic E-state index is 13.0. The molecule has 0 aliphatic carbocycles. The van der Waals surface area contributed by atoms with Crippen molar-refractivity contribution >= 4 is 22.7 Å². The number of amides is 2. The molecule has 9 nitrogen and oxygen atoms in total. The Morgan fingerprint density at radius 1 is 1.21 bits per heavy atom. The lowest BCUT2D eigenvalue weighted by Crippen LogP contribution is -2.56. The third-order valence-corrected chi connectivity index (χ3v) is 7.86. The number of likely N-dealkylation sites (tertiary alicyclic amines) is 1. The van der Waals surface area contributed by atoms with Gasteiger partial charge < -0.3 is 29.4 Å². The van der Waals surface area contributed by atoms with Crippen LogP contribution in [0.5, 0.6) is 5.75 Å². The van der Waals surface area contributed by atoms with Gasteiger partial charge in [-0.05, 0) is 30.5 Å². The monoisotopic (exact) mass is 470 g/mol. The molecule has 34 heavy (non-hydrogen) atoms. The van der Waals surface area contributed by atoms with Crippen LogP contribution in [-0.4, -0.2) is 103 Å². The topological polar surface area (TPSA) is 98.3 Å². The second-order valence-corrected chi connectivity index (χ2v) is 9.72. The fourth-order valence-electron chi connectivity index (χ4n) is 5.98. The number of morpholine rings is 1. The zero-order valence-electron chi connectivity index (χ0n) is 20.0. The molecule has 4 heterocycles. The van der Waals surface area contributed by atoms with Gasteiger partial charge in [0.1, 0.15) is 5.75 Å². The van der Waals surface area contributed by atoms with Crippen LogP contribution in [0.2, 0.25) is 0 Å². The SMILES string of the molecule is COc1ccc2c3c([nH]c2c1)[C@@H](CO)N(C(C)=O)CC31CCN(C(=O)CN2CCOCC2)CC1. The number of nitrogens with one attached hydrogen (secondary N) is 1. The molecule has 1 atom stereocenters. The van der Waals surface area contributed by atoms with Crippen LogP contribution in [0.1, 0.15) is 37.1 Å². The third-order valence-electron chi connectivity index (χ3n) is 7.86. The van der Waals surface area contributed by atoms with Crippen LogP contribution >= 0.6 is 0 Å². The number of nitrogens with zero attached hydrogens (tertiary/aromatic N) is 3. The Hall–Kier alpha value is -2.62. The quantitative estimate of drug-likeness (QED) is 0.698. The molecule has 2 aromatic rings. The molecule has 0 unspecified atom stereocenters. The molecule has 2 N–H and O–H groups in total. The smallest absolute Gasteiger partial charge is 0.236 e. The largest absolute Gasteiger partial charge is 0.497 e. The molecule has 3 aliphatic heterocycles. The van der Waals surface area contributed by atoms with Crippen LogP contribution in [0, 0.1) is 0 Å². The lowest BCUT2D eigenvalue weighted by molar-refractivity contribution is -0.138. The van der Waals surface area contributed by atoms with Crippen LogP contribution < -0.4 is 4.74 Å². The number of carbonyl (C=O) groups is 2. The Kier molecular flexibility index (Phi) is 6.26. The van der Waals surface area contributed by atoms with E-state index in [0.29, 0.717) is 39.4 Å². The first-order valence-electron chi connectivity index (χ1n) is 12.1. The fourth-order valence-corrected chi connectivity index (χ4v) is 5.98. The minimum absolute atomic E-state index is 0.0499. The van der Waals surface area contributed by atoms with Crippen molar-refractivity contribution in [2.24, 2.45) is 0 Å². The van der Waals surface area contributed by atoms with E-state index in [2.05, 4.69) is 16.0 Å².